The number of nitrogens with zero attached hydrogens (tertiary/aromatic N) is 2. The van der Waals surface area contributed by atoms with E-state index in [9.17, 15) is 0 Å². The lowest BCUT2D eigenvalue weighted by molar-refractivity contribution is 0.430. The van der Waals surface area contributed by atoms with Crippen molar-refractivity contribution in [2.45, 2.75) is 13.3 Å². The average molecular weight is 110 g/mol. The van der Waals surface area contributed by atoms with Crippen LogP contribution in [-0.2, 0) is 0 Å². The Morgan fingerprint density at radius 2 is 2.62 bits per heavy atom. The fourth-order valence-electron chi connectivity index (χ4n) is 0.689. The van der Waals surface area contributed by atoms with Crippen molar-refractivity contribution in [2.24, 2.45) is 11.0 Å². The third kappa shape index (κ3) is 0.997. The van der Waals surface area contributed by atoms with Gasteiger partial charge in [0.25, 0.3) is 0 Å². The van der Waals surface area contributed by atoms with E-state index < -0.39 is 0 Å². The van der Waals surface area contributed by atoms with E-state index in [0.717, 1.165) is 6.42 Å². The third-order valence-electron chi connectivity index (χ3n) is 1.22. The van der Waals surface area contributed by atoms with Crippen molar-refractivity contribution in [3.63, 3.8) is 0 Å². The van der Waals surface area contributed by atoms with Crippen LogP contribution in [0.15, 0.2) is 5.10 Å². The molecule has 2 heteroatoms. The van der Waals surface area contributed by atoms with Gasteiger partial charge < -0.3 is 0 Å². The highest BCUT2D eigenvalue weighted by atomic mass is 15.4. The molecule has 0 amide bonds. The lowest BCUT2D eigenvalue weighted by Crippen LogP contribution is -2.04. The lowest BCUT2D eigenvalue weighted by atomic mass is 10.1. The predicted molar refractivity (Wildman–Crippen MR) is 33.3 cm³/mol. The molecular formula is C6H10N2. The molecule has 1 unspecified atom stereocenters. The topological polar surface area (TPSA) is 15.6 Å². The first kappa shape index (κ1) is 5.60. The summed E-state index contributed by atoms with van der Waals surface area (Å²) < 4.78 is 0. The number of hydrogen-bond donors (Lipinski definition) is 0. The third-order valence-corrected chi connectivity index (χ3v) is 1.22. The second-order valence-corrected chi connectivity index (χ2v) is 1.97. The molecule has 0 N–H and O–H groups in total. The van der Waals surface area contributed by atoms with E-state index in [-0.39, 0.29) is 0 Å². The van der Waals surface area contributed by atoms with Crippen molar-refractivity contribution in [3.05, 3.63) is 6.54 Å². The van der Waals surface area contributed by atoms with E-state index in [1.54, 1.807) is 5.01 Å². The molecule has 1 atom stereocenters. The van der Waals surface area contributed by atoms with Crippen LogP contribution in [0, 0.1) is 12.5 Å². The molecule has 1 aliphatic heterocycles. The maximum atomic E-state index is 3.92. The van der Waals surface area contributed by atoms with Crippen LogP contribution in [0.25, 0.3) is 0 Å². The van der Waals surface area contributed by atoms with Crippen molar-refractivity contribution in [1.82, 2.24) is 5.01 Å². The number of rotatable bonds is 1. The summed E-state index contributed by atoms with van der Waals surface area (Å²) in [7, 11) is 1.92. The van der Waals surface area contributed by atoms with E-state index in [1.807, 2.05) is 7.05 Å². The van der Waals surface area contributed by atoms with Crippen LogP contribution in [-0.4, -0.2) is 18.3 Å². The summed E-state index contributed by atoms with van der Waals surface area (Å²) in [5.41, 5.74) is 0. The van der Waals surface area contributed by atoms with Crippen LogP contribution in [0.1, 0.15) is 13.3 Å². The molecule has 44 valence electrons. The van der Waals surface area contributed by atoms with Gasteiger partial charge in [0.1, 0.15) is 0 Å². The Morgan fingerprint density at radius 1 is 1.88 bits per heavy atom. The van der Waals surface area contributed by atoms with Gasteiger partial charge in [-0.3, -0.25) is 5.01 Å². The molecule has 1 aliphatic rings. The van der Waals surface area contributed by atoms with E-state index in [4.69, 9.17) is 0 Å². The second kappa shape index (κ2) is 2.16. The highest BCUT2D eigenvalue weighted by Gasteiger charge is 2.12. The highest BCUT2D eigenvalue weighted by molar-refractivity contribution is 5.64. The van der Waals surface area contributed by atoms with Gasteiger partial charge in [-0.2, -0.15) is 5.10 Å². The molecule has 2 radical (unpaired) electrons. The van der Waals surface area contributed by atoms with Crippen LogP contribution >= 0.6 is 0 Å². The summed E-state index contributed by atoms with van der Waals surface area (Å²) in [6, 6.07) is 0. The van der Waals surface area contributed by atoms with Crippen molar-refractivity contribution in [1.29, 1.82) is 0 Å². The van der Waals surface area contributed by atoms with E-state index in [0.29, 0.717) is 5.92 Å². The summed E-state index contributed by atoms with van der Waals surface area (Å²) in [6.07, 6.45) is 4.06. The summed E-state index contributed by atoms with van der Waals surface area (Å²) in [4.78, 5) is 0. The minimum atomic E-state index is 0.458. The van der Waals surface area contributed by atoms with E-state index in [2.05, 4.69) is 24.8 Å². The molecule has 0 spiro atoms. The quantitative estimate of drug-likeness (QED) is 0.491. The van der Waals surface area contributed by atoms with Crippen molar-refractivity contribution < 1.29 is 0 Å². The summed E-state index contributed by atoms with van der Waals surface area (Å²) in [5, 5.41) is 5.72. The fraction of sp³-hybridized carbons (Fsp3) is 0.667. The Hall–Kier alpha value is -0.530. The summed E-state index contributed by atoms with van der Waals surface area (Å²) >= 11 is 0. The van der Waals surface area contributed by atoms with Gasteiger partial charge >= 0.3 is 0 Å². The Balaban J connectivity index is 2.34. The van der Waals surface area contributed by atoms with Crippen LogP contribution < -0.4 is 0 Å². The van der Waals surface area contributed by atoms with Gasteiger partial charge in [0.05, 0.1) is 12.8 Å². The molecule has 0 aromatic carbocycles. The Bertz CT molecular complexity index is 98.7. The van der Waals surface area contributed by atoms with Gasteiger partial charge in [0, 0.05) is 13.0 Å². The number of hydrazone groups is 1. The summed E-state index contributed by atoms with van der Waals surface area (Å²) in [6.45, 7) is 4.18. The van der Waals surface area contributed by atoms with E-state index >= 15 is 0 Å². The van der Waals surface area contributed by atoms with Gasteiger partial charge in [-0.25, -0.2) is 0 Å². The zero-order valence-electron chi connectivity index (χ0n) is 5.26. The van der Waals surface area contributed by atoms with Crippen LogP contribution in [0.4, 0.5) is 0 Å². The lowest BCUT2D eigenvalue weighted by Gasteiger charge is -2.04. The minimum Gasteiger partial charge on any atom is -0.294 e. The molecule has 0 saturated heterocycles. The van der Waals surface area contributed by atoms with Gasteiger partial charge in [0.15, 0.2) is 0 Å². The van der Waals surface area contributed by atoms with Crippen molar-refractivity contribution in [2.75, 3.05) is 7.05 Å². The molecule has 0 aliphatic carbocycles. The molecular weight excluding hydrogens is 100 g/mol. The second-order valence-electron chi connectivity index (χ2n) is 1.97. The molecule has 1 heterocycles. The summed E-state index contributed by atoms with van der Waals surface area (Å²) in [5.74, 6) is 0.458. The smallest absolute Gasteiger partial charge is 0.0894 e. The first-order valence-electron chi connectivity index (χ1n) is 2.87. The Kier molecular flexibility index (Phi) is 1.51. The Morgan fingerprint density at radius 3 is 2.88 bits per heavy atom. The normalized spacial score (nSPS) is 27.2. The predicted octanol–water partition coefficient (Wildman–Crippen LogP) is 0.983. The first-order chi connectivity index (χ1) is 3.83. The van der Waals surface area contributed by atoms with Crippen LogP contribution in [0.3, 0.4) is 0 Å². The largest absolute Gasteiger partial charge is 0.294 e. The first-order valence-corrected chi connectivity index (χ1v) is 2.87. The minimum absolute atomic E-state index is 0.458. The maximum Gasteiger partial charge on any atom is 0.0894 e. The molecule has 2 nitrogen and oxygen atoms in total. The Labute approximate surface area is 50.2 Å². The molecule has 1 rings (SSSR count). The van der Waals surface area contributed by atoms with Crippen LogP contribution in [0.5, 0.6) is 0 Å². The molecule has 0 aromatic rings. The monoisotopic (exact) mass is 110 g/mol. The van der Waals surface area contributed by atoms with Gasteiger partial charge in [-0.1, -0.05) is 6.92 Å². The zero-order valence-corrected chi connectivity index (χ0v) is 5.26. The van der Waals surface area contributed by atoms with E-state index in [1.165, 1.54) is 0 Å². The van der Waals surface area contributed by atoms with Gasteiger partial charge in [-0.05, 0) is 6.42 Å². The SMILES string of the molecule is CCC1[C]=NN(C)[CH]1. The van der Waals surface area contributed by atoms with Crippen LogP contribution in [0.2, 0.25) is 0 Å². The molecule has 0 aromatic heterocycles. The highest BCUT2D eigenvalue weighted by Crippen LogP contribution is 2.12. The molecule has 0 saturated carbocycles. The molecule has 0 fully saturated rings. The fourth-order valence-corrected chi connectivity index (χ4v) is 0.689. The molecule has 0 bridgehead atoms. The number of hydrogen-bond acceptors (Lipinski definition) is 2. The standard InChI is InChI=1S/C6H10N2/c1-3-6-4-7-8(2)5-6/h5-6H,3H2,1-2H3. The molecule has 8 heavy (non-hydrogen) atoms. The van der Waals surface area contributed by atoms with Crippen molar-refractivity contribution >= 4 is 6.21 Å². The average Bonchev–Trinajstić information content (AvgIpc) is 2.14. The van der Waals surface area contributed by atoms with Gasteiger partial charge in [0.2, 0.25) is 0 Å². The maximum absolute atomic E-state index is 3.92. The zero-order chi connectivity index (χ0) is 5.98. The van der Waals surface area contributed by atoms with Crippen molar-refractivity contribution in [3.8, 4) is 0 Å². The van der Waals surface area contributed by atoms with Gasteiger partial charge in [-0.15, -0.1) is 0 Å².